The van der Waals surface area contributed by atoms with Crippen LogP contribution in [0.3, 0.4) is 0 Å². The van der Waals surface area contributed by atoms with E-state index < -0.39 is 0 Å². The van der Waals surface area contributed by atoms with Crippen molar-refractivity contribution in [1.82, 2.24) is 20.1 Å². The Balaban J connectivity index is 1.65. The van der Waals surface area contributed by atoms with E-state index in [1.165, 1.54) is 11.8 Å². The van der Waals surface area contributed by atoms with Crippen molar-refractivity contribution in [3.8, 4) is 11.4 Å². The summed E-state index contributed by atoms with van der Waals surface area (Å²) in [5.41, 5.74) is 3.28. The maximum atomic E-state index is 12.4. The molecular formula is C20H22N4OS. The van der Waals surface area contributed by atoms with Gasteiger partial charge in [0.25, 0.3) is 0 Å². The van der Waals surface area contributed by atoms with Gasteiger partial charge in [0.2, 0.25) is 5.91 Å². The van der Waals surface area contributed by atoms with Crippen LogP contribution < -0.4 is 5.32 Å². The van der Waals surface area contributed by atoms with E-state index in [9.17, 15) is 4.79 Å². The maximum absolute atomic E-state index is 12.4. The second-order valence-electron chi connectivity index (χ2n) is 6.14. The number of hydrogen-bond acceptors (Lipinski definition) is 4. The van der Waals surface area contributed by atoms with Crippen LogP contribution in [0, 0.1) is 6.92 Å². The van der Waals surface area contributed by atoms with Crippen LogP contribution in [0.2, 0.25) is 0 Å². The number of benzene rings is 2. The Hall–Kier alpha value is -2.60. The molecular weight excluding hydrogens is 344 g/mol. The molecule has 3 rings (SSSR count). The average molecular weight is 366 g/mol. The fourth-order valence-corrected chi connectivity index (χ4v) is 3.46. The number of aromatic nitrogens is 3. The molecule has 0 saturated heterocycles. The van der Waals surface area contributed by atoms with Crippen molar-refractivity contribution >= 4 is 17.7 Å². The lowest BCUT2D eigenvalue weighted by Crippen LogP contribution is -2.30. The smallest absolute Gasteiger partial charge is 0.233 e. The Morgan fingerprint density at radius 1 is 1.12 bits per heavy atom. The van der Waals surface area contributed by atoms with Gasteiger partial charge in [0.15, 0.2) is 11.0 Å². The molecule has 0 saturated carbocycles. The quantitative estimate of drug-likeness (QED) is 0.677. The Morgan fingerprint density at radius 2 is 1.81 bits per heavy atom. The number of rotatable bonds is 6. The van der Waals surface area contributed by atoms with Crippen LogP contribution in [0.5, 0.6) is 0 Å². The minimum absolute atomic E-state index is 0.0145. The van der Waals surface area contributed by atoms with E-state index in [-0.39, 0.29) is 11.2 Å². The predicted octanol–water partition coefficient (Wildman–Crippen LogP) is 3.59. The Kier molecular flexibility index (Phi) is 5.73. The summed E-state index contributed by atoms with van der Waals surface area (Å²) >= 11 is 1.41. The van der Waals surface area contributed by atoms with Gasteiger partial charge in [-0.15, -0.1) is 10.2 Å². The van der Waals surface area contributed by atoms with E-state index in [1.807, 2.05) is 67.1 Å². The van der Waals surface area contributed by atoms with Crippen molar-refractivity contribution in [2.75, 3.05) is 0 Å². The van der Waals surface area contributed by atoms with Gasteiger partial charge >= 0.3 is 0 Å². The molecule has 26 heavy (non-hydrogen) atoms. The van der Waals surface area contributed by atoms with Crippen LogP contribution in [0.15, 0.2) is 59.8 Å². The first-order valence-electron chi connectivity index (χ1n) is 8.50. The van der Waals surface area contributed by atoms with E-state index in [1.54, 1.807) is 0 Å². The van der Waals surface area contributed by atoms with Gasteiger partial charge in [-0.05, 0) is 25.0 Å². The molecule has 1 amide bonds. The summed E-state index contributed by atoms with van der Waals surface area (Å²) < 4.78 is 1.94. The summed E-state index contributed by atoms with van der Waals surface area (Å²) in [6.45, 7) is 4.46. The summed E-state index contributed by atoms with van der Waals surface area (Å²) in [5, 5.41) is 12.0. The zero-order valence-corrected chi connectivity index (χ0v) is 16.0. The van der Waals surface area contributed by atoms with Crippen LogP contribution in [0.1, 0.15) is 18.1 Å². The number of carbonyl (C=O) groups excluding carboxylic acids is 1. The number of aryl methyl sites for hydroxylation is 1. The highest BCUT2D eigenvalue weighted by Crippen LogP contribution is 2.27. The van der Waals surface area contributed by atoms with Crippen LogP contribution in [0.25, 0.3) is 11.4 Å². The number of hydrogen-bond donors (Lipinski definition) is 1. The molecule has 0 spiro atoms. The second-order valence-corrected chi connectivity index (χ2v) is 7.45. The summed E-state index contributed by atoms with van der Waals surface area (Å²) in [6.07, 6.45) is 0. The topological polar surface area (TPSA) is 59.8 Å². The monoisotopic (exact) mass is 366 g/mol. The molecule has 0 fully saturated rings. The standard InChI is InChI=1S/C20H22N4OS/c1-14-9-7-8-12-17(14)18-22-23-20(24(18)3)26-15(2)19(25)21-13-16-10-5-4-6-11-16/h4-12,15H,13H2,1-3H3,(H,21,25). The Bertz CT molecular complexity index is 892. The third-order valence-electron chi connectivity index (χ3n) is 4.18. The molecule has 0 aliphatic carbocycles. The molecule has 134 valence electrons. The van der Waals surface area contributed by atoms with E-state index in [0.717, 1.165) is 27.7 Å². The Labute approximate surface area is 157 Å². The first-order chi connectivity index (χ1) is 12.6. The number of nitrogens with one attached hydrogen (secondary N) is 1. The molecule has 1 aromatic heterocycles. The summed E-state index contributed by atoms with van der Waals surface area (Å²) in [4.78, 5) is 12.4. The molecule has 0 radical (unpaired) electrons. The van der Waals surface area contributed by atoms with E-state index in [2.05, 4.69) is 28.5 Å². The third kappa shape index (κ3) is 4.14. The lowest BCUT2D eigenvalue weighted by atomic mass is 10.1. The third-order valence-corrected chi connectivity index (χ3v) is 5.32. The van der Waals surface area contributed by atoms with E-state index >= 15 is 0 Å². The molecule has 1 atom stereocenters. The molecule has 3 aromatic rings. The van der Waals surface area contributed by atoms with Crippen LogP contribution in [-0.2, 0) is 18.4 Å². The summed E-state index contributed by atoms with van der Waals surface area (Å²) in [5.74, 6) is 0.793. The number of carbonyl (C=O) groups is 1. The van der Waals surface area contributed by atoms with Crippen LogP contribution >= 0.6 is 11.8 Å². The van der Waals surface area contributed by atoms with Gasteiger partial charge in [-0.1, -0.05) is 66.4 Å². The minimum atomic E-state index is -0.258. The van der Waals surface area contributed by atoms with E-state index in [0.29, 0.717) is 6.54 Å². The first-order valence-corrected chi connectivity index (χ1v) is 9.38. The maximum Gasteiger partial charge on any atom is 0.233 e. The number of nitrogens with zero attached hydrogens (tertiary/aromatic N) is 3. The SMILES string of the molecule is Cc1ccccc1-c1nnc(SC(C)C(=O)NCc2ccccc2)n1C. The molecule has 1 N–H and O–H groups in total. The average Bonchev–Trinajstić information content (AvgIpc) is 3.01. The lowest BCUT2D eigenvalue weighted by molar-refractivity contribution is -0.120. The highest BCUT2D eigenvalue weighted by atomic mass is 32.2. The minimum Gasteiger partial charge on any atom is -0.351 e. The van der Waals surface area contributed by atoms with Gasteiger partial charge in [-0.25, -0.2) is 0 Å². The Morgan fingerprint density at radius 3 is 2.54 bits per heavy atom. The fourth-order valence-electron chi connectivity index (χ4n) is 2.62. The van der Waals surface area contributed by atoms with Crippen molar-refractivity contribution in [2.45, 2.75) is 30.8 Å². The highest BCUT2D eigenvalue weighted by molar-refractivity contribution is 8.00. The summed E-state index contributed by atoms with van der Waals surface area (Å²) in [7, 11) is 1.93. The second kappa shape index (κ2) is 8.19. The van der Waals surface area contributed by atoms with Crippen LogP contribution in [0.4, 0.5) is 0 Å². The fraction of sp³-hybridized carbons (Fsp3) is 0.250. The summed E-state index contributed by atoms with van der Waals surface area (Å²) in [6, 6.07) is 18.0. The normalized spacial score (nSPS) is 12.0. The van der Waals surface area contributed by atoms with Crippen molar-refractivity contribution < 1.29 is 4.79 Å². The van der Waals surface area contributed by atoms with E-state index in [4.69, 9.17) is 0 Å². The van der Waals surface area contributed by atoms with Crippen molar-refractivity contribution in [3.63, 3.8) is 0 Å². The van der Waals surface area contributed by atoms with Gasteiger partial charge in [0, 0.05) is 19.2 Å². The van der Waals surface area contributed by atoms with Gasteiger partial charge in [-0.3, -0.25) is 4.79 Å². The zero-order valence-electron chi connectivity index (χ0n) is 15.1. The highest BCUT2D eigenvalue weighted by Gasteiger charge is 2.19. The molecule has 0 aliphatic heterocycles. The van der Waals surface area contributed by atoms with Gasteiger partial charge in [0.05, 0.1) is 5.25 Å². The predicted molar refractivity (Wildman–Crippen MR) is 105 cm³/mol. The lowest BCUT2D eigenvalue weighted by Gasteiger charge is -2.12. The number of thioether (sulfide) groups is 1. The van der Waals surface area contributed by atoms with Gasteiger partial charge in [-0.2, -0.15) is 0 Å². The number of amides is 1. The molecule has 1 heterocycles. The molecule has 5 nitrogen and oxygen atoms in total. The molecule has 6 heteroatoms. The molecule has 1 unspecified atom stereocenters. The zero-order chi connectivity index (χ0) is 18.5. The van der Waals surface area contributed by atoms with Crippen molar-refractivity contribution in [2.24, 2.45) is 7.05 Å². The molecule has 2 aromatic carbocycles. The van der Waals surface area contributed by atoms with Gasteiger partial charge in [0.1, 0.15) is 0 Å². The molecule has 0 aliphatic rings. The van der Waals surface area contributed by atoms with Crippen molar-refractivity contribution in [3.05, 3.63) is 65.7 Å². The van der Waals surface area contributed by atoms with Crippen LogP contribution in [-0.4, -0.2) is 25.9 Å². The van der Waals surface area contributed by atoms with Gasteiger partial charge < -0.3 is 9.88 Å². The van der Waals surface area contributed by atoms with Crippen molar-refractivity contribution in [1.29, 1.82) is 0 Å². The largest absolute Gasteiger partial charge is 0.351 e. The molecule has 0 bridgehead atoms. The first kappa shape index (κ1) is 18.2.